The van der Waals surface area contributed by atoms with E-state index in [1.54, 1.807) is 6.07 Å². The zero-order valence-electron chi connectivity index (χ0n) is 7.84. The fourth-order valence-electron chi connectivity index (χ4n) is 1.16. The van der Waals surface area contributed by atoms with E-state index in [1.165, 1.54) is 0 Å². The van der Waals surface area contributed by atoms with Gasteiger partial charge in [-0.1, -0.05) is 23.7 Å². The van der Waals surface area contributed by atoms with Crippen LogP contribution in [0.25, 0.3) is 0 Å². The largest absolute Gasteiger partial charge is 0.506 e. The van der Waals surface area contributed by atoms with Crippen LogP contribution < -0.4 is 5.32 Å². The van der Waals surface area contributed by atoms with Gasteiger partial charge in [0, 0.05) is 6.04 Å². The van der Waals surface area contributed by atoms with Gasteiger partial charge in [-0.05, 0) is 32.0 Å². The van der Waals surface area contributed by atoms with Crippen molar-refractivity contribution in [3.8, 4) is 5.75 Å². The molecule has 2 N–H and O–H groups in total. The predicted octanol–water partition coefficient (Wildman–Crippen LogP) is 2.20. The van der Waals surface area contributed by atoms with Crippen molar-refractivity contribution in [2.24, 2.45) is 0 Å². The van der Waals surface area contributed by atoms with Gasteiger partial charge in [-0.15, -0.1) is 0 Å². The summed E-state index contributed by atoms with van der Waals surface area (Å²) in [5.74, 6) is 0.200. The van der Waals surface area contributed by atoms with Crippen LogP contribution in [0.4, 0.5) is 0 Å². The van der Waals surface area contributed by atoms with Gasteiger partial charge in [0.25, 0.3) is 0 Å². The fourth-order valence-corrected chi connectivity index (χ4v) is 1.35. The van der Waals surface area contributed by atoms with E-state index in [0.717, 1.165) is 12.0 Å². The Morgan fingerprint density at radius 3 is 2.85 bits per heavy atom. The molecule has 0 spiro atoms. The number of rotatable bonds is 3. The molecule has 0 fully saturated rings. The SMILES string of the molecule is CNC(C)Cc1cccc(Cl)c1O. The summed E-state index contributed by atoms with van der Waals surface area (Å²) in [5, 5.41) is 13.1. The molecule has 0 aliphatic carbocycles. The number of hydrogen-bond acceptors (Lipinski definition) is 2. The monoisotopic (exact) mass is 199 g/mol. The molecule has 1 aromatic carbocycles. The van der Waals surface area contributed by atoms with Gasteiger partial charge in [0.2, 0.25) is 0 Å². The summed E-state index contributed by atoms with van der Waals surface area (Å²) in [5.41, 5.74) is 0.884. The minimum Gasteiger partial charge on any atom is -0.506 e. The molecule has 3 heteroatoms. The Labute approximate surface area is 83.5 Å². The van der Waals surface area contributed by atoms with Gasteiger partial charge in [-0.3, -0.25) is 0 Å². The quantitative estimate of drug-likeness (QED) is 0.783. The summed E-state index contributed by atoms with van der Waals surface area (Å²) in [7, 11) is 1.90. The highest BCUT2D eigenvalue weighted by atomic mass is 35.5. The Bertz CT molecular complexity index is 288. The zero-order valence-corrected chi connectivity index (χ0v) is 8.60. The van der Waals surface area contributed by atoms with E-state index in [0.29, 0.717) is 11.1 Å². The Morgan fingerprint density at radius 2 is 2.23 bits per heavy atom. The average Bonchev–Trinajstić information content (AvgIpc) is 2.13. The molecule has 0 aromatic heterocycles. The van der Waals surface area contributed by atoms with Crippen LogP contribution in [0.5, 0.6) is 5.75 Å². The molecule has 0 heterocycles. The van der Waals surface area contributed by atoms with E-state index >= 15 is 0 Å². The van der Waals surface area contributed by atoms with Gasteiger partial charge >= 0.3 is 0 Å². The number of hydrogen-bond donors (Lipinski definition) is 2. The highest BCUT2D eigenvalue weighted by Crippen LogP contribution is 2.27. The van der Waals surface area contributed by atoms with Gasteiger partial charge in [0.05, 0.1) is 5.02 Å². The first-order valence-electron chi connectivity index (χ1n) is 4.28. The van der Waals surface area contributed by atoms with E-state index < -0.39 is 0 Å². The lowest BCUT2D eigenvalue weighted by atomic mass is 10.1. The second-order valence-corrected chi connectivity index (χ2v) is 3.55. The lowest BCUT2D eigenvalue weighted by Gasteiger charge is -2.11. The third-order valence-electron chi connectivity index (χ3n) is 2.09. The number of phenols is 1. The van der Waals surface area contributed by atoms with Gasteiger partial charge in [-0.25, -0.2) is 0 Å². The summed E-state index contributed by atoms with van der Waals surface area (Å²) in [6, 6.07) is 5.75. The lowest BCUT2D eigenvalue weighted by molar-refractivity contribution is 0.463. The van der Waals surface area contributed by atoms with Gasteiger partial charge < -0.3 is 10.4 Å². The minimum absolute atomic E-state index is 0.200. The third-order valence-corrected chi connectivity index (χ3v) is 2.39. The molecular formula is C10H14ClNO. The molecule has 1 aromatic rings. The standard InChI is InChI=1S/C10H14ClNO/c1-7(12-2)6-8-4-3-5-9(11)10(8)13/h3-5,7,12-13H,6H2,1-2H3. The number of para-hydroxylation sites is 1. The Hall–Kier alpha value is -0.730. The first-order chi connectivity index (χ1) is 6.15. The molecule has 72 valence electrons. The molecular weight excluding hydrogens is 186 g/mol. The number of aromatic hydroxyl groups is 1. The first kappa shape index (κ1) is 10.4. The van der Waals surface area contributed by atoms with Crippen LogP contribution in [0.1, 0.15) is 12.5 Å². The molecule has 0 bridgehead atoms. The summed E-state index contributed by atoms with van der Waals surface area (Å²) in [6.07, 6.45) is 0.781. The highest BCUT2D eigenvalue weighted by molar-refractivity contribution is 6.32. The maximum Gasteiger partial charge on any atom is 0.137 e. The van der Waals surface area contributed by atoms with Crippen molar-refractivity contribution >= 4 is 11.6 Å². The topological polar surface area (TPSA) is 32.3 Å². The van der Waals surface area contributed by atoms with Crippen molar-refractivity contribution in [2.45, 2.75) is 19.4 Å². The normalized spacial score (nSPS) is 12.8. The number of phenolic OH excluding ortho intramolecular Hbond substituents is 1. The summed E-state index contributed by atoms with van der Waals surface area (Å²) in [6.45, 7) is 2.06. The van der Waals surface area contributed by atoms with E-state index in [4.69, 9.17) is 11.6 Å². The van der Waals surface area contributed by atoms with Gasteiger partial charge in [0.15, 0.2) is 0 Å². The molecule has 2 nitrogen and oxygen atoms in total. The van der Waals surface area contributed by atoms with Crippen LogP contribution in [0.2, 0.25) is 5.02 Å². The van der Waals surface area contributed by atoms with Crippen molar-refractivity contribution in [1.29, 1.82) is 0 Å². The zero-order chi connectivity index (χ0) is 9.84. The molecule has 13 heavy (non-hydrogen) atoms. The summed E-state index contributed by atoms with van der Waals surface area (Å²) >= 11 is 5.77. The Morgan fingerprint density at radius 1 is 1.54 bits per heavy atom. The molecule has 1 unspecified atom stereocenters. The minimum atomic E-state index is 0.200. The molecule has 1 atom stereocenters. The van der Waals surface area contributed by atoms with E-state index in [9.17, 15) is 5.11 Å². The predicted molar refractivity (Wildman–Crippen MR) is 55.3 cm³/mol. The molecule has 0 amide bonds. The Kier molecular flexibility index (Phi) is 3.58. The average molecular weight is 200 g/mol. The van der Waals surface area contributed by atoms with Crippen molar-refractivity contribution in [2.75, 3.05) is 7.05 Å². The van der Waals surface area contributed by atoms with Crippen molar-refractivity contribution < 1.29 is 5.11 Å². The fraction of sp³-hybridized carbons (Fsp3) is 0.400. The van der Waals surface area contributed by atoms with Crippen molar-refractivity contribution in [1.82, 2.24) is 5.32 Å². The number of halogens is 1. The Balaban J connectivity index is 2.83. The summed E-state index contributed by atoms with van der Waals surface area (Å²) in [4.78, 5) is 0. The van der Waals surface area contributed by atoms with Crippen molar-refractivity contribution in [3.05, 3.63) is 28.8 Å². The van der Waals surface area contributed by atoms with Crippen LogP contribution in [-0.4, -0.2) is 18.2 Å². The van der Waals surface area contributed by atoms with Crippen molar-refractivity contribution in [3.63, 3.8) is 0 Å². The second kappa shape index (κ2) is 4.49. The molecule has 0 aliphatic rings. The summed E-state index contributed by atoms with van der Waals surface area (Å²) < 4.78 is 0. The van der Waals surface area contributed by atoms with Crippen LogP contribution in [0.15, 0.2) is 18.2 Å². The van der Waals surface area contributed by atoms with E-state index in [-0.39, 0.29) is 5.75 Å². The lowest BCUT2D eigenvalue weighted by Crippen LogP contribution is -2.23. The van der Waals surface area contributed by atoms with Crippen LogP contribution in [0.3, 0.4) is 0 Å². The molecule has 0 aliphatic heterocycles. The van der Waals surface area contributed by atoms with Gasteiger partial charge in [0.1, 0.15) is 5.75 Å². The smallest absolute Gasteiger partial charge is 0.137 e. The molecule has 1 rings (SSSR count). The molecule has 0 saturated carbocycles. The van der Waals surface area contributed by atoms with Crippen LogP contribution >= 0.6 is 11.6 Å². The van der Waals surface area contributed by atoms with E-state index in [1.807, 2.05) is 19.2 Å². The number of likely N-dealkylation sites (N-methyl/N-ethyl adjacent to an activating group) is 1. The molecule has 0 saturated heterocycles. The van der Waals surface area contributed by atoms with Crippen LogP contribution in [0, 0.1) is 0 Å². The van der Waals surface area contributed by atoms with Crippen LogP contribution in [-0.2, 0) is 6.42 Å². The van der Waals surface area contributed by atoms with E-state index in [2.05, 4.69) is 12.2 Å². The maximum atomic E-state index is 9.58. The molecule has 0 radical (unpaired) electrons. The number of benzene rings is 1. The second-order valence-electron chi connectivity index (χ2n) is 3.14. The van der Waals surface area contributed by atoms with Gasteiger partial charge in [-0.2, -0.15) is 0 Å². The third kappa shape index (κ3) is 2.61. The maximum absolute atomic E-state index is 9.58. The highest BCUT2D eigenvalue weighted by Gasteiger charge is 2.07. The number of nitrogens with one attached hydrogen (secondary N) is 1. The first-order valence-corrected chi connectivity index (χ1v) is 4.66.